The van der Waals surface area contributed by atoms with Crippen molar-refractivity contribution in [2.24, 2.45) is 11.8 Å². The summed E-state index contributed by atoms with van der Waals surface area (Å²) in [5, 5.41) is 1.48. The molecule has 0 saturated carbocycles. The van der Waals surface area contributed by atoms with E-state index < -0.39 is 0 Å². The number of unbranched alkanes of at least 4 members (excludes halogenated alkanes) is 1. The Hall–Kier alpha value is -0.510. The second-order valence-corrected chi connectivity index (χ2v) is 8.28. The number of aromatic amines is 1. The van der Waals surface area contributed by atoms with Gasteiger partial charge in [-0.05, 0) is 83.9 Å². The maximum absolute atomic E-state index is 3.66. The van der Waals surface area contributed by atoms with Crippen LogP contribution in [0.2, 0.25) is 0 Å². The largest absolute Gasteiger partial charge is 0.358 e. The average Bonchev–Trinajstić information content (AvgIpc) is 2.88. The molecular formula is C20H28IN. The number of H-pyrrole nitrogens is 1. The van der Waals surface area contributed by atoms with Crippen molar-refractivity contribution in [1.29, 1.82) is 0 Å². The van der Waals surface area contributed by atoms with Gasteiger partial charge in [0, 0.05) is 20.2 Å². The van der Waals surface area contributed by atoms with E-state index in [1.54, 1.807) is 5.56 Å². The molecule has 0 aliphatic heterocycles. The van der Waals surface area contributed by atoms with Gasteiger partial charge < -0.3 is 4.98 Å². The highest BCUT2D eigenvalue weighted by atomic mass is 127. The van der Waals surface area contributed by atoms with Crippen molar-refractivity contribution in [2.45, 2.75) is 65.2 Å². The first-order valence-electron chi connectivity index (χ1n) is 9.00. The minimum atomic E-state index is 0.895. The SMILES string of the molecule is CCCCC(CC)CC1CCc2[nH]c3ccc(I)cc3c2C1. The lowest BCUT2D eigenvalue weighted by Gasteiger charge is -2.26. The molecule has 1 aliphatic carbocycles. The van der Waals surface area contributed by atoms with Gasteiger partial charge in [-0.2, -0.15) is 0 Å². The van der Waals surface area contributed by atoms with E-state index in [1.807, 2.05) is 0 Å². The number of rotatable bonds is 6. The second-order valence-electron chi connectivity index (χ2n) is 7.03. The van der Waals surface area contributed by atoms with E-state index in [1.165, 1.54) is 71.5 Å². The van der Waals surface area contributed by atoms with Gasteiger partial charge in [-0.25, -0.2) is 0 Å². The van der Waals surface area contributed by atoms with Crippen molar-refractivity contribution in [1.82, 2.24) is 4.98 Å². The fourth-order valence-electron chi connectivity index (χ4n) is 4.12. The second kappa shape index (κ2) is 7.37. The molecule has 0 amide bonds. The molecule has 0 radical (unpaired) electrons. The van der Waals surface area contributed by atoms with E-state index >= 15 is 0 Å². The molecule has 22 heavy (non-hydrogen) atoms. The maximum atomic E-state index is 3.66. The van der Waals surface area contributed by atoms with E-state index in [-0.39, 0.29) is 0 Å². The quantitative estimate of drug-likeness (QED) is 0.526. The monoisotopic (exact) mass is 409 g/mol. The van der Waals surface area contributed by atoms with Crippen molar-refractivity contribution in [3.05, 3.63) is 33.0 Å². The average molecular weight is 409 g/mol. The Labute approximate surface area is 148 Å². The molecule has 1 heterocycles. The molecule has 1 aromatic heterocycles. The molecule has 1 aromatic carbocycles. The van der Waals surface area contributed by atoms with Crippen LogP contribution in [-0.2, 0) is 12.8 Å². The molecule has 2 aromatic rings. The van der Waals surface area contributed by atoms with Crippen molar-refractivity contribution < 1.29 is 0 Å². The van der Waals surface area contributed by atoms with Crippen molar-refractivity contribution >= 4 is 33.5 Å². The van der Waals surface area contributed by atoms with Crippen LogP contribution < -0.4 is 0 Å². The van der Waals surface area contributed by atoms with E-state index in [9.17, 15) is 0 Å². The van der Waals surface area contributed by atoms with Crippen LogP contribution >= 0.6 is 22.6 Å². The fraction of sp³-hybridized carbons (Fsp3) is 0.600. The summed E-state index contributed by atoms with van der Waals surface area (Å²) in [5.74, 6) is 1.84. The third kappa shape index (κ3) is 3.52. The molecule has 2 unspecified atom stereocenters. The molecule has 0 fully saturated rings. The number of halogens is 1. The fourth-order valence-corrected chi connectivity index (χ4v) is 4.61. The van der Waals surface area contributed by atoms with Gasteiger partial charge in [-0.15, -0.1) is 0 Å². The third-order valence-electron chi connectivity index (χ3n) is 5.46. The predicted molar refractivity (Wildman–Crippen MR) is 104 cm³/mol. The highest BCUT2D eigenvalue weighted by Gasteiger charge is 2.24. The summed E-state index contributed by atoms with van der Waals surface area (Å²) in [6.07, 6.45) is 10.9. The van der Waals surface area contributed by atoms with Gasteiger partial charge in [0.05, 0.1) is 0 Å². The lowest BCUT2D eigenvalue weighted by Crippen LogP contribution is -2.17. The molecule has 1 nitrogen and oxygen atoms in total. The highest BCUT2D eigenvalue weighted by molar-refractivity contribution is 14.1. The van der Waals surface area contributed by atoms with Gasteiger partial charge in [0.25, 0.3) is 0 Å². The molecule has 1 N–H and O–H groups in total. The van der Waals surface area contributed by atoms with Gasteiger partial charge in [-0.3, -0.25) is 0 Å². The molecule has 0 spiro atoms. The summed E-state index contributed by atoms with van der Waals surface area (Å²) >= 11 is 2.43. The Morgan fingerprint density at radius 3 is 2.95 bits per heavy atom. The van der Waals surface area contributed by atoms with Crippen LogP contribution in [0.5, 0.6) is 0 Å². The van der Waals surface area contributed by atoms with Gasteiger partial charge in [0.15, 0.2) is 0 Å². The number of aryl methyl sites for hydroxylation is 1. The summed E-state index contributed by atoms with van der Waals surface area (Å²) < 4.78 is 1.35. The van der Waals surface area contributed by atoms with Crippen LogP contribution in [0.1, 0.15) is 63.6 Å². The Bertz CT molecular complexity index is 628. The van der Waals surface area contributed by atoms with Gasteiger partial charge in [-0.1, -0.05) is 39.5 Å². The Kier molecular flexibility index (Phi) is 5.48. The first kappa shape index (κ1) is 16.4. The highest BCUT2D eigenvalue weighted by Crippen LogP contribution is 2.36. The van der Waals surface area contributed by atoms with Gasteiger partial charge in [0.1, 0.15) is 0 Å². The van der Waals surface area contributed by atoms with Crippen LogP contribution in [-0.4, -0.2) is 4.98 Å². The molecule has 2 heteroatoms. The number of hydrogen-bond donors (Lipinski definition) is 1. The Morgan fingerprint density at radius 1 is 1.32 bits per heavy atom. The predicted octanol–water partition coefficient (Wildman–Crippen LogP) is 6.48. The molecule has 3 rings (SSSR count). The Morgan fingerprint density at radius 2 is 2.18 bits per heavy atom. The number of aromatic nitrogens is 1. The third-order valence-corrected chi connectivity index (χ3v) is 6.13. The standard InChI is InChI=1S/C20H28IN/c1-3-5-6-14(4-2)11-15-7-9-19-17(12-15)18-13-16(21)8-10-20(18)22-19/h8,10,13-15,22H,3-7,9,11-12H2,1-2H3. The zero-order valence-electron chi connectivity index (χ0n) is 13.9. The smallest absolute Gasteiger partial charge is 0.0459 e. The summed E-state index contributed by atoms with van der Waals surface area (Å²) in [4.78, 5) is 3.66. The molecule has 120 valence electrons. The lowest BCUT2D eigenvalue weighted by molar-refractivity contribution is 0.313. The molecular weight excluding hydrogens is 381 g/mol. The van der Waals surface area contributed by atoms with E-state index in [0.29, 0.717) is 0 Å². The maximum Gasteiger partial charge on any atom is 0.0459 e. The molecule has 0 saturated heterocycles. The van der Waals surface area contributed by atoms with E-state index in [0.717, 1.165) is 11.8 Å². The van der Waals surface area contributed by atoms with Crippen LogP contribution in [0.4, 0.5) is 0 Å². The summed E-state index contributed by atoms with van der Waals surface area (Å²) in [5.41, 5.74) is 4.47. The van der Waals surface area contributed by atoms with Gasteiger partial charge >= 0.3 is 0 Å². The van der Waals surface area contributed by atoms with Gasteiger partial charge in [0.2, 0.25) is 0 Å². The van der Waals surface area contributed by atoms with Crippen LogP contribution in [0.25, 0.3) is 10.9 Å². The van der Waals surface area contributed by atoms with E-state index in [2.05, 4.69) is 59.6 Å². The topological polar surface area (TPSA) is 15.8 Å². The van der Waals surface area contributed by atoms with Crippen LogP contribution in [0.15, 0.2) is 18.2 Å². The first-order valence-corrected chi connectivity index (χ1v) is 10.1. The van der Waals surface area contributed by atoms with Crippen molar-refractivity contribution in [2.75, 3.05) is 0 Å². The molecule has 1 aliphatic rings. The van der Waals surface area contributed by atoms with Crippen LogP contribution in [0.3, 0.4) is 0 Å². The lowest BCUT2D eigenvalue weighted by atomic mass is 9.79. The van der Waals surface area contributed by atoms with E-state index in [4.69, 9.17) is 0 Å². The minimum absolute atomic E-state index is 0.895. The summed E-state index contributed by atoms with van der Waals surface area (Å²) in [7, 11) is 0. The number of hydrogen-bond acceptors (Lipinski definition) is 0. The van der Waals surface area contributed by atoms with Crippen molar-refractivity contribution in [3.63, 3.8) is 0 Å². The van der Waals surface area contributed by atoms with Crippen LogP contribution in [0, 0.1) is 15.4 Å². The number of benzene rings is 1. The number of nitrogens with one attached hydrogen (secondary N) is 1. The molecule has 2 atom stereocenters. The van der Waals surface area contributed by atoms with Crippen molar-refractivity contribution in [3.8, 4) is 0 Å². The zero-order chi connectivity index (χ0) is 15.5. The summed E-state index contributed by atoms with van der Waals surface area (Å²) in [6, 6.07) is 6.82. The Balaban J connectivity index is 1.75. The minimum Gasteiger partial charge on any atom is -0.358 e. The zero-order valence-corrected chi connectivity index (χ0v) is 16.1. The summed E-state index contributed by atoms with van der Waals surface area (Å²) in [6.45, 7) is 4.69. The molecule has 0 bridgehead atoms. The first-order chi connectivity index (χ1) is 10.7. The number of fused-ring (bicyclic) bond motifs is 3. The normalized spacial score (nSPS) is 19.3.